The lowest BCUT2D eigenvalue weighted by atomic mass is 10.3. The molecule has 0 amide bonds. The predicted octanol–water partition coefficient (Wildman–Crippen LogP) is -0.681. The Hall–Kier alpha value is -1.46. The van der Waals surface area contributed by atoms with Crippen molar-refractivity contribution in [3.05, 3.63) is 12.2 Å². The summed E-state index contributed by atoms with van der Waals surface area (Å²) in [5.74, 6) is -0.0636. The summed E-state index contributed by atoms with van der Waals surface area (Å²) in [5, 5.41) is 15.7. The lowest BCUT2D eigenvalue weighted by Gasteiger charge is -2.11. The van der Waals surface area contributed by atoms with Crippen molar-refractivity contribution in [2.75, 3.05) is 5.75 Å². The van der Waals surface area contributed by atoms with Crippen molar-refractivity contribution >= 4 is 10.0 Å². The molecule has 8 heteroatoms. The third-order valence-electron chi connectivity index (χ3n) is 1.74. The average Bonchev–Trinajstić information content (AvgIpc) is 2.50. The molecule has 1 aromatic heterocycles. The molecule has 7 nitrogen and oxygen atoms in total. The molecular formula is C7H11N5O2S. The Bertz CT molecular complexity index is 472. The van der Waals surface area contributed by atoms with Gasteiger partial charge in [0.15, 0.2) is 5.75 Å². The van der Waals surface area contributed by atoms with E-state index in [9.17, 15) is 8.42 Å². The van der Waals surface area contributed by atoms with Crippen LogP contribution in [0.1, 0.15) is 18.8 Å². The van der Waals surface area contributed by atoms with Gasteiger partial charge in [0.05, 0.1) is 12.1 Å². The first-order valence-corrected chi connectivity index (χ1v) is 5.82. The average molecular weight is 229 g/mol. The van der Waals surface area contributed by atoms with Crippen molar-refractivity contribution in [3.8, 4) is 6.07 Å². The molecule has 1 unspecified atom stereocenters. The zero-order valence-electron chi connectivity index (χ0n) is 8.38. The van der Waals surface area contributed by atoms with E-state index in [0.29, 0.717) is 5.82 Å². The van der Waals surface area contributed by atoms with Crippen LogP contribution >= 0.6 is 0 Å². The van der Waals surface area contributed by atoms with Gasteiger partial charge < -0.3 is 4.57 Å². The van der Waals surface area contributed by atoms with Crippen LogP contribution in [0.25, 0.3) is 0 Å². The van der Waals surface area contributed by atoms with Crippen LogP contribution in [0.5, 0.6) is 0 Å². The lowest BCUT2D eigenvalue weighted by Crippen LogP contribution is -2.30. The van der Waals surface area contributed by atoms with Crippen molar-refractivity contribution in [2.24, 2.45) is 7.05 Å². The normalized spacial score (nSPS) is 13.4. The molecule has 0 aliphatic heterocycles. The highest BCUT2D eigenvalue weighted by atomic mass is 32.2. The highest BCUT2D eigenvalue weighted by Crippen LogP contribution is 2.08. The van der Waals surface area contributed by atoms with Gasteiger partial charge in [0.2, 0.25) is 10.0 Å². The van der Waals surface area contributed by atoms with Crippen LogP contribution < -0.4 is 4.72 Å². The largest absolute Gasteiger partial charge is 0.319 e. The summed E-state index contributed by atoms with van der Waals surface area (Å²) in [7, 11) is -1.85. The third-order valence-corrected chi connectivity index (χ3v) is 2.97. The summed E-state index contributed by atoms with van der Waals surface area (Å²) < 4.78 is 26.5. The quantitative estimate of drug-likeness (QED) is 0.737. The van der Waals surface area contributed by atoms with Gasteiger partial charge in [-0.05, 0) is 6.92 Å². The van der Waals surface area contributed by atoms with E-state index in [1.54, 1.807) is 24.6 Å². The monoisotopic (exact) mass is 229 g/mol. The van der Waals surface area contributed by atoms with Crippen molar-refractivity contribution in [1.29, 1.82) is 5.26 Å². The number of aryl methyl sites for hydroxylation is 1. The fourth-order valence-electron chi connectivity index (χ4n) is 1.13. The zero-order valence-corrected chi connectivity index (χ0v) is 9.19. The van der Waals surface area contributed by atoms with Gasteiger partial charge in [0, 0.05) is 7.05 Å². The molecule has 0 aliphatic rings. The van der Waals surface area contributed by atoms with Crippen LogP contribution in [0.2, 0.25) is 0 Å². The van der Waals surface area contributed by atoms with Crippen molar-refractivity contribution < 1.29 is 8.42 Å². The molecule has 0 aromatic carbocycles. The summed E-state index contributed by atoms with van der Waals surface area (Å²) >= 11 is 0. The minimum Gasteiger partial charge on any atom is -0.319 e. The van der Waals surface area contributed by atoms with E-state index in [1.807, 2.05) is 0 Å². The highest BCUT2D eigenvalue weighted by Gasteiger charge is 2.18. The number of nitriles is 1. The molecule has 0 fully saturated rings. The highest BCUT2D eigenvalue weighted by molar-refractivity contribution is 7.89. The fraction of sp³-hybridized carbons (Fsp3) is 0.571. The van der Waals surface area contributed by atoms with E-state index < -0.39 is 21.8 Å². The first-order chi connectivity index (χ1) is 6.96. The lowest BCUT2D eigenvalue weighted by molar-refractivity contribution is 0.556. The number of sulfonamides is 1. The molecular weight excluding hydrogens is 218 g/mol. The minimum atomic E-state index is -3.57. The summed E-state index contributed by atoms with van der Waals surface area (Å²) in [6.07, 6.45) is 1.48. The zero-order chi connectivity index (χ0) is 11.5. The van der Waals surface area contributed by atoms with Crippen LogP contribution in [-0.2, 0) is 17.1 Å². The summed E-state index contributed by atoms with van der Waals surface area (Å²) in [4.78, 5) is 0. The van der Waals surface area contributed by atoms with Gasteiger partial charge in [-0.25, -0.2) is 13.1 Å². The molecule has 1 rings (SSSR count). The molecule has 0 bridgehead atoms. The number of aromatic nitrogens is 3. The minimum absolute atomic E-state index is 0.497. The third kappa shape index (κ3) is 3.00. The number of hydrogen-bond donors (Lipinski definition) is 1. The molecule has 1 aromatic rings. The summed E-state index contributed by atoms with van der Waals surface area (Å²) in [6, 6.07) is 1.08. The summed E-state index contributed by atoms with van der Waals surface area (Å²) in [5.41, 5.74) is 0. The van der Waals surface area contributed by atoms with Crippen molar-refractivity contribution in [2.45, 2.75) is 13.0 Å². The van der Waals surface area contributed by atoms with E-state index in [2.05, 4.69) is 14.9 Å². The first kappa shape index (κ1) is 11.6. The molecule has 0 spiro atoms. The molecule has 0 saturated heterocycles. The molecule has 0 radical (unpaired) electrons. The van der Waals surface area contributed by atoms with Gasteiger partial charge in [0.25, 0.3) is 0 Å². The van der Waals surface area contributed by atoms with E-state index >= 15 is 0 Å². The molecule has 0 saturated carbocycles. The number of nitrogens with one attached hydrogen (secondary N) is 1. The fourth-order valence-corrected chi connectivity index (χ4v) is 2.03. The van der Waals surface area contributed by atoms with E-state index in [4.69, 9.17) is 5.26 Å². The van der Waals surface area contributed by atoms with Crippen LogP contribution in [0.15, 0.2) is 6.33 Å². The van der Waals surface area contributed by atoms with Crippen LogP contribution in [0.4, 0.5) is 0 Å². The molecule has 1 N–H and O–H groups in total. The van der Waals surface area contributed by atoms with Crippen molar-refractivity contribution in [3.63, 3.8) is 0 Å². The number of rotatable bonds is 4. The molecule has 15 heavy (non-hydrogen) atoms. The Labute approximate surface area is 87.8 Å². The van der Waals surface area contributed by atoms with Gasteiger partial charge in [-0.2, -0.15) is 5.26 Å². The molecule has 1 atom stereocenters. The van der Waals surface area contributed by atoms with Gasteiger partial charge in [-0.3, -0.25) is 0 Å². The second-order valence-corrected chi connectivity index (χ2v) is 4.81. The Morgan fingerprint density at radius 1 is 1.73 bits per heavy atom. The molecule has 1 heterocycles. The smallest absolute Gasteiger partial charge is 0.225 e. The topological polar surface area (TPSA) is 101 Å². The van der Waals surface area contributed by atoms with Crippen LogP contribution in [0.3, 0.4) is 0 Å². The Morgan fingerprint density at radius 3 is 2.87 bits per heavy atom. The maximum Gasteiger partial charge on any atom is 0.225 e. The van der Waals surface area contributed by atoms with Crippen molar-refractivity contribution in [1.82, 2.24) is 19.5 Å². The first-order valence-electron chi connectivity index (χ1n) is 4.17. The Morgan fingerprint density at radius 2 is 2.40 bits per heavy atom. The van der Waals surface area contributed by atoms with Gasteiger partial charge in [-0.1, -0.05) is 0 Å². The molecule has 82 valence electrons. The van der Waals surface area contributed by atoms with E-state index in [0.717, 1.165) is 0 Å². The second kappa shape index (κ2) is 4.37. The maximum atomic E-state index is 11.3. The predicted molar refractivity (Wildman–Crippen MR) is 52.0 cm³/mol. The summed E-state index contributed by atoms with van der Waals surface area (Å²) in [6.45, 7) is 1.64. The van der Waals surface area contributed by atoms with E-state index in [-0.39, 0.29) is 0 Å². The number of hydrogen-bond acceptors (Lipinski definition) is 5. The standard InChI is InChI=1S/C7H11N5O2S/c1-6(7-10-9-5-12(7)2)11-15(13,14)4-3-8/h5-6,11H,4H2,1-2H3. The maximum absolute atomic E-state index is 11.3. The SMILES string of the molecule is CC(NS(=O)(=O)CC#N)c1nncn1C. The van der Waals surface area contributed by atoms with Crippen LogP contribution in [-0.4, -0.2) is 28.9 Å². The second-order valence-electron chi connectivity index (χ2n) is 3.06. The Kier molecular flexibility index (Phi) is 3.39. The number of nitrogens with zero attached hydrogens (tertiary/aromatic N) is 4. The molecule has 0 aliphatic carbocycles. The van der Waals surface area contributed by atoms with E-state index in [1.165, 1.54) is 6.33 Å². The van der Waals surface area contributed by atoms with Crippen LogP contribution in [0, 0.1) is 11.3 Å². The van der Waals surface area contributed by atoms with Gasteiger partial charge in [-0.15, -0.1) is 10.2 Å². The van der Waals surface area contributed by atoms with Gasteiger partial charge in [0.1, 0.15) is 12.2 Å². The Balaban J connectivity index is 2.78. The van der Waals surface area contributed by atoms with Gasteiger partial charge >= 0.3 is 0 Å².